The van der Waals surface area contributed by atoms with Gasteiger partial charge in [0.05, 0.1) is 0 Å². The SMILES string of the molecule is CC(=O)C(Br)(Br)C#N. The first-order chi connectivity index (χ1) is 3.50. The summed E-state index contributed by atoms with van der Waals surface area (Å²) < 4.78 is -1.17. The van der Waals surface area contributed by atoms with Gasteiger partial charge in [-0.25, -0.2) is 0 Å². The highest BCUT2D eigenvalue weighted by atomic mass is 79.9. The maximum absolute atomic E-state index is 10.4. The van der Waals surface area contributed by atoms with E-state index in [4.69, 9.17) is 5.26 Å². The van der Waals surface area contributed by atoms with Gasteiger partial charge in [0.1, 0.15) is 6.07 Å². The van der Waals surface area contributed by atoms with Crippen molar-refractivity contribution in [1.82, 2.24) is 0 Å². The Hall–Kier alpha value is 0.120. The molecule has 0 saturated carbocycles. The van der Waals surface area contributed by atoms with Crippen LogP contribution in [-0.2, 0) is 4.79 Å². The third-order valence-corrected chi connectivity index (χ3v) is 2.05. The number of rotatable bonds is 1. The lowest BCUT2D eigenvalue weighted by Gasteiger charge is -2.02. The van der Waals surface area contributed by atoms with Gasteiger partial charge in [0.25, 0.3) is 0 Å². The average Bonchev–Trinajstić information content (AvgIpc) is 1.67. The molecule has 2 nitrogen and oxygen atoms in total. The highest BCUT2D eigenvalue weighted by Crippen LogP contribution is 2.25. The Labute approximate surface area is 64.1 Å². The lowest BCUT2D eigenvalue weighted by atomic mass is 10.3. The second-order valence-electron chi connectivity index (χ2n) is 1.24. The molecule has 0 atom stereocenters. The molecule has 0 fully saturated rings. The van der Waals surface area contributed by atoms with Crippen LogP contribution in [0.5, 0.6) is 0 Å². The summed E-state index contributed by atoms with van der Waals surface area (Å²) in [5.41, 5.74) is 0. The summed E-state index contributed by atoms with van der Waals surface area (Å²) in [7, 11) is 0. The van der Waals surface area contributed by atoms with E-state index in [1.807, 2.05) is 0 Å². The molecule has 0 spiro atoms. The minimum absolute atomic E-state index is 0.250. The van der Waals surface area contributed by atoms with Crippen molar-refractivity contribution >= 4 is 37.6 Å². The average molecular weight is 241 g/mol. The molecule has 0 aromatic carbocycles. The summed E-state index contributed by atoms with van der Waals surface area (Å²) in [6.07, 6.45) is 0. The zero-order valence-electron chi connectivity index (χ0n) is 4.11. The number of hydrogen-bond donors (Lipinski definition) is 0. The molecule has 0 aliphatic carbocycles. The van der Waals surface area contributed by atoms with E-state index in [0.717, 1.165) is 0 Å². The van der Waals surface area contributed by atoms with Gasteiger partial charge in [0.15, 0.2) is 5.78 Å². The van der Waals surface area contributed by atoms with Crippen LogP contribution >= 0.6 is 31.9 Å². The second-order valence-corrected chi connectivity index (χ2v) is 4.69. The Balaban J connectivity index is 4.19. The number of alkyl halides is 2. The highest BCUT2D eigenvalue weighted by Gasteiger charge is 2.27. The quantitative estimate of drug-likeness (QED) is 0.654. The van der Waals surface area contributed by atoms with Crippen molar-refractivity contribution in [1.29, 1.82) is 5.26 Å². The highest BCUT2D eigenvalue weighted by molar-refractivity contribution is 9.26. The van der Waals surface area contributed by atoms with Crippen molar-refractivity contribution in [2.24, 2.45) is 0 Å². The first-order valence-electron chi connectivity index (χ1n) is 1.81. The molecule has 0 aromatic heterocycles. The molecule has 4 heteroatoms. The number of nitrogens with zero attached hydrogens (tertiary/aromatic N) is 1. The molecule has 8 heavy (non-hydrogen) atoms. The summed E-state index contributed by atoms with van der Waals surface area (Å²) in [6.45, 7) is 1.33. The topological polar surface area (TPSA) is 40.9 Å². The molecule has 0 heterocycles. The van der Waals surface area contributed by atoms with Crippen molar-refractivity contribution in [3.63, 3.8) is 0 Å². The molecular weight excluding hydrogens is 238 g/mol. The zero-order valence-corrected chi connectivity index (χ0v) is 7.28. The Morgan fingerprint density at radius 2 is 2.12 bits per heavy atom. The summed E-state index contributed by atoms with van der Waals surface area (Å²) in [6, 6.07) is 1.72. The molecular formula is C4H3Br2NO. The molecule has 0 amide bonds. The molecule has 0 radical (unpaired) electrons. The predicted molar refractivity (Wildman–Crippen MR) is 36.9 cm³/mol. The van der Waals surface area contributed by atoms with Gasteiger partial charge < -0.3 is 0 Å². The van der Waals surface area contributed by atoms with Crippen LogP contribution in [0.3, 0.4) is 0 Å². The third-order valence-electron chi connectivity index (χ3n) is 0.583. The van der Waals surface area contributed by atoms with Crippen LogP contribution in [0.15, 0.2) is 0 Å². The fraction of sp³-hybridized carbons (Fsp3) is 0.500. The summed E-state index contributed by atoms with van der Waals surface area (Å²) in [4.78, 5) is 10.4. The molecule has 0 saturated heterocycles. The van der Waals surface area contributed by atoms with Crippen LogP contribution in [0.2, 0.25) is 0 Å². The normalized spacial score (nSPS) is 10.2. The van der Waals surface area contributed by atoms with E-state index >= 15 is 0 Å². The van der Waals surface area contributed by atoms with Gasteiger partial charge in [0, 0.05) is 0 Å². The number of nitriles is 1. The van der Waals surface area contributed by atoms with E-state index in [2.05, 4.69) is 31.9 Å². The number of halogens is 2. The Morgan fingerprint density at radius 1 is 1.75 bits per heavy atom. The van der Waals surface area contributed by atoms with E-state index in [9.17, 15) is 4.79 Å². The Kier molecular flexibility index (Phi) is 2.64. The maximum Gasteiger partial charge on any atom is 0.223 e. The van der Waals surface area contributed by atoms with E-state index in [-0.39, 0.29) is 5.78 Å². The number of Topliss-reactive ketones (excluding diaryl/α,β-unsaturated/α-hetero) is 1. The first kappa shape index (κ1) is 8.12. The number of ketones is 1. The molecule has 0 aromatic rings. The number of carbonyl (C=O) groups excluding carboxylic acids is 1. The second kappa shape index (κ2) is 2.60. The van der Waals surface area contributed by atoms with E-state index in [1.165, 1.54) is 6.92 Å². The van der Waals surface area contributed by atoms with E-state index in [0.29, 0.717) is 0 Å². The smallest absolute Gasteiger partial charge is 0.223 e. The number of carbonyl (C=O) groups is 1. The van der Waals surface area contributed by atoms with Crippen LogP contribution in [-0.4, -0.2) is 9.02 Å². The molecule has 44 valence electrons. The van der Waals surface area contributed by atoms with Gasteiger partial charge in [0.2, 0.25) is 3.23 Å². The van der Waals surface area contributed by atoms with Gasteiger partial charge in [-0.2, -0.15) is 5.26 Å². The van der Waals surface area contributed by atoms with Crippen molar-refractivity contribution in [3.05, 3.63) is 0 Å². The summed E-state index contributed by atoms with van der Waals surface area (Å²) in [5, 5.41) is 8.20. The fourth-order valence-corrected chi connectivity index (χ4v) is 0.0787. The van der Waals surface area contributed by atoms with Crippen molar-refractivity contribution < 1.29 is 4.79 Å². The zero-order chi connectivity index (χ0) is 6.78. The molecule has 0 N–H and O–H groups in total. The monoisotopic (exact) mass is 239 g/mol. The third kappa shape index (κ3) is 1.93. The summed E-state index contributed by atoms with van der Waals surface area (Å²) >= 11 is 5.70. The van der Waals surface area contributed by atoms with Crippen LogP contribution in [0.4, 0.5) is 0 Å². The molecule has 0 aliphatic heterocycles. The first-order valence-corrected chi connectivity index (χ1v) is 3.39. The van der Waals surface area contributed by atoms with E-state index in [1.54, 1.807) is 6.07 Å². The van der Waals surface area contributed by atoms with Gasteiger partial charge in [-0.3, -0.25) is 4.79 Å². The fourth-order valence-electron chi connectivity index (χ4n) is 0.0787. The minimum Gasteiger partial charge on any atom is -0.296 e. The maximum atomic E-state index is 10.4. The number of hydrogen-bond acceptors (Lipinski definition) is 2. The Bertz CT molecular complexity index is 147. The van der Waals surface area contributed by atoms with Gasteiger partial charge in [-0.1, -0.05) is 0 Å². The Morgan fingerprint density at radius 3 is 2.12 bits per heavy atom. The molecule has 0 rings (SSSR count). The minimum atomic E-state index is -1.17. The lowest BCUT2D eigenvalue weighted by Crippen LogP contribution is -2.18. The molecule has 0 bridgehead atoms. The molecule has 0 aliphatic rings. The van der Waals surface area contributed by atoms with Gasteiger partial charge >= 0.3 is 0 Å². The van der Waals surface area contributed by atoms with Crippen LogP contribution in [0.1, 0.15) is 6.92 Å². The van der Waals surface area contributed by atoms with Gasteiger partial charge in [-0.05, 0) is 38.8 Å². The van der Waals surface area contributed by atoms with Gasteiger partial charge in [-0.15, -0.1) is 0 Å². The predicted octanol–water partition coefficient (Wildman–Crippen LogP) is 1.59. The standard InChI is InChI=1S/C4H3Br2NO/c1-3(8)4(5,6)2-7/h1H3. The van der Waals surface area contributed by atoms with E-state index < -0.39 is 3.23 Å². The van der Waals surface area contributed by atoms with Crippen LogP contribution in [0.25, 0.3) is 0 Å². The van der Waals surface area contributed by atoms with Crippen LogP contribution < -0.4 is 0 Å². The summed E-state index contributed by atoms with van der Waals surface area (Å²) in [5.74, 6) is -0.250. The molecule has 0 unspecified atom stereocenters. The lowest BCUT2D eigenvalue weighted by molar-refractivity contribution is -0.116. The van der Waals surface area contributed by atoms with Crippen molar-refractivity contribution in [3.8, 4) is 6.07 Å². The van der Waals surface area contributed by atoms with Crippen molar-refractivity contribution in [2.45, 2.75) is 10.2 Å². The van der Waals surface area contributed by atoms with Crippen LogP contribution in [0, 0.1) is 11.3 Å². The van der Waals surface area contributed by atoms with Crippen molar-refractivity contribution in [2.75, 3.05) is 0 Å². The largest absolute Gasteiger partial charge is 0.296 e.